The third kappa shape index (κ3) is 4.81. The first-order valence-electron chi connectivity index (χ1n) is 6.98. The number of amides is 1. The molecule has 0 radical (unpaired) electrons. The number of carbonyl (C=O) groups is 1. The van der Waals surface area contributed by atoms with E-state index in [2.05, 4.69) is 5.32 Å². The summed E-state index contributed by atoms with van der Waals surface area (Å²) in [7, 11) is 0. The lowest BCUT2D eigenvalue weighted by Crippen LogP contribution is -2.30. The SMILES string of the molecule is CC(N)Cc1cc(F)ccc1OCC(=O)NCC1CC1. The predicted octanol–water partition coefficient (Wildman–Crippen LogP) is 1.62. The minimum absolute atomic E-state index is 0.0513. The van der Waals surface area contributed by atoms with Crippen molar-refractivity contribution in [1.82, 2.24) is 5.32 Å². The summed E-state index contributed by atoms with van der Waals surface area (Å²) in [6.45, 7) is 2.51. The zero-order valence-corrected chi connectivity index (χ0v) is 11.7. The molecule has 1 aliphatic rings. The zero-order valence-electron chi connectivity index (χ0n) is 11.7. The highest BCUT2D eigenvalue weighted by atomic mass is 19.1. The zero-order chi connectivity index (χ0) is 14.5. The number of benzene rings is 1. The maximum absolute atomic E-state index is 13.2. The van der Waals surface area contributed by atoms with Crippen molar-refractivity contribution in [1.29, 1.82) is 0 Å². The van der Waals surface area contributed by atoms with Crippen LogP contribution in [0.15, 0.2) is 18.2 Å². The molecule has 1 aliphatic carbocycles. The van der Waals surface area contributed by atoms with Crippen molar-refractivity contribution in [3.8, 4) is 5.75 Å². The summed E-state index contributed by atoms with van der Waals surface area (Å²) >= 11 is 0. The highest BCUT2D eigenvalue weighted by Gasteiger charge is 2.21. The van der Waals surface area contributed by atoms with Crippen LogP contribution in [-0.4, -0.2) is 25.1 Å². The molecule has 1 unspecified atom stereocenters. The smallest absolute Gasteiger partial charge is 0.257 e. The Kier molecular flexibility index (Phi) is 4.95. The average molecular weight is 280 g/mol. The Morgan fingerprint density at radius 2 is 2.30 bits per heavy atom. The van der Waals surface area contributed by atoms with Crippen molar-refractivity contribution >= 4 is 5.91 Å². The molecule has 0 spiro atoms. The maximum atomic E-state index is 13.2. The summed E-state index contributed by atoms with van der Waals surface area (Å²) in [5.74, 6) is 0.683. The lowest BCUT2D eigenvalue weighted by atomic mass is 10.1. The fourth-order valence-electron chi connectivity index (χ4n) is 1.97. The monoisotopic (exact) mass is 280 g/mol. The molecule has 3 N–H and O–H groups in total. The van der Waals surface area contributed by atoms with Gasteiger partial charge in [-0.1, -0.05) is 0 Å². The maximum Gasteiger partial charge on any atom is 0.257 e. The van der Waals surface area contributed by atoms with E-state index < -0.39 is 0 Å². The largest absolute Gasteiger partial charge is 0.483 e. The molecular weight excluding hydrogens is 259 g/mol. The molecule has 1 aromatic rings. The molecule has 20 heavy (non-hydrogen) atoms. The Balaban J connectivity index is 1.88. The average Bonchev–Trinajstić information content (AvgIpc) is 3.18. The molecule has 1 aromatic carbocycles. The van der Waals surface area contributed by atoms with E-state index in [9.17, 15) is 9.18 Å². The van der Waals surface area contributed by atoms with Gasteiger partial charge in [-0.05, 0) is 55.9 Å². The van der Waals surface area contributed by atoms with E-state index in [1.807, 2.05) is 6.92 Å². The Hall–Kier alpha value is -1.62. The molecule has 0 aromatic heterocycles. The topological polar surface area (TPSA) is 64.3 Å². The van der Waals surface area contributed by atoms with Gasteiger partial charge in [0.1, 0.15) is 11.6 Å². The van der Waals surface area contributed by atoms with Crippen molar-refractivity contribution < 1.29 is 13.9 Å². The molecule has 0 saturated heterocycles. The molecule has 2 rings (SSSR count). The number of ether oxygens (including phenoxy) is 1. The van der Waals surface area contributed by atoms with Crippen LogP contribution in [0.2, 0.25) is 0 Å². The van der Waals surface area contributed by atoms with Crippen molar-refractivity contribution in [3.63, 3.8) is 0 Å². The van der Waals surface area contributed by atoms with E-state index in [1.165, 1.54) is 25.0 Å². The molecule has 110 valence electrons. The van der Waals surface area contributed by atoms with Crippen LogP contribution in [0.1, 0.15) is 25.3 Å². The lowest BCUT2D eigenvalue weighted by Gasteiger charge is -2.13. The number of hydrogen-bond acceptors (Lipinski definition) is 3. The van der Waals surface area contributed by atoms with Crippen molar-refractivity contribution in [3.05, 3.63) is 29.6 Å². The van der Waals surface area contributed by atoms with Gasteiger partial charge in [-0.3, -0.25) is 4.79 Å². The van der Waals surface area contributed by atoms with Crippen molar-refractivity contribution in [2.24, 2.45) is 11.7 Å². The molecule has 1 saturated carbocycles. The number of nitrogens with two attached hydrogens (primary N) is 1. The van der Waals surface area contributed by atoms with Crippen LogP contribution in [0, 0.1) is 11.7 Å². The molecule has 1 amide bonds. The van der Waals surface area contributed by atoms with E-state index in [4.69, 9.17) is 10.5 Å². The summed E-state index contributed by atoms with van der Waals surface area (Å²) in [4.78, 5) is 11.6. The van der Waals surface area contributed by atoms with E-state index in [1.54, 1.807) is 6.07 Å². The van der Waals surface area contributed by atoms with Crippen LogP contribution in [0.5, 0.6) is 5.75 Å². The number of hydrogen-bond donors (Lipinski definition) is 2. The standard InChI is InChI=1S/C15H21FN2O2/c1-10(17)6-12-7-13(16)4-5-14(12)20-9-15(19)18-8-11-2-3-11/h4-5,7,10-11H,2-3,6,8-9,17H2,1H3,(H,18,19). The van der Waals surface area contributed by atoms with Gasteiger partial charge in [0.25, 0.3) is 5.91 Å². The van der Waals surface area contributed by atoms with Crippen LogP contribution in [-0.2, 0) is 11.2 Å². The number of carbonyl (C=O) groups excluding carboxylic acids is 1. The van der Waals surface area contributed by atoms with Gasteiger partial charge in [0.2, 0.25) is 0 Å². The lowest BCUT2D eigenvalue weighted by molar-refractivity contribution is -0.123. The van der Waals surface area contributed by atoms with Gasteiger partial charge in [-0.25, -0.2) is 4.39 Å². The van der Waals surface area contributed by atoms with E-state index in [0.717, 1.165) is 6.54 Å². The Labute approximate surface area is 118 Å². The van der Waals surface area contributed by atoms with Crippen molar-refractivity contribution in [2.45, 2.75) is 32.2 Å². The third-order valence-electron chi connectivity index (χ3n) is 3.21. The first-order valence-corrected chi connectivity index (χ1v) is 6.98. The highest BCUT2D eigenvalue weighted by molar-refractivity contribution is 5.77. The Morgan fingerprint density at radius 1 is 1.55 bits per heavy atom. The molecular formula is C15H21FN2O2. The quantitative estimate of drug-likeness (QED) is 0.797. The summed E-state index contributed by atoms with van der Waals surface area (Å²) in [6, 6.07) is 4.17. The van der Waals surface area contributed by atoms with Crippen LogP contribution in [0.4, 0.5) is 4.39 Å². The molecule has 1 atom stereocenters. The highest BCUT2D eigenvalue weighted by Crippen LogP contribution is 2.27. The Morgan fingerprint density at radius 3 is 2.95 bits per heavy atom. The summed E-state index contributed by atoms with van der Waals surface area (Å²) < 4.78 is 18.7. The molecule has 4 nitrogen and oxygen atoms in total. The number of nitrogens with one attached hydrogen (secondary N) is 1. The first-order chi connectivity index (χ1) is 9.54. The summed E-state index contributed by atoms with van der Waals surface area (Å²) in [5.41, 5.74) is 6.42. The second kappa shape index (κ2) is 6.70. The fraction of sp³-hybridized carbons (Fsp3) is 0.533. The predicted molar refractivity (Wildman–Crippen MR) is 75.0 cm³/mol. The van der Waals surface area contributed by atoms with Crippen LogP contribution in [0.3, 0.4) is 0 Å². The summed E-state index contributed by atoms with van der Waals surface area (Å²) in [6.07, 6.45) is 2.89. The van der Waals surface area contributed by atoms with Crippen LogP contribution < -0.4 is 15.8 Å². The van der Waals surface area contributed by atoms with Gasteiger partial charge >= 0.3 is 0 Å². The van der Waals surface area contributed by atoms with Crippen molar-refractivity contribution in [2.75, 3.05) is 13.2 Å². The molecule has 5 heteroatoms. The number of rotatable bonds is 7. The van der Waals surface area contributed by atoms with E-state index >= 15 is 0 Å². The second-order valence-corrected chi connectivity index (χ2v) is 5.47. The van der Waals surface area contributed by atoms with Gasteiger partial charge in [-0.2, -0.15) is 0 Å². The van der Waals surface area contributed by atoms with E-state index in [-0.39, 0.29) is 24.4 Å². The molecule has 0 heterocycles. The van der Waals surface area contributed by atoms with Gasteiger partial charge in [-0.15, -0.1) is 0 Å². The van der Waals surface area contributed by atoms with E-state index in [0.29, 0.717) is 23.7 Å². The third-order valence-corrected chi connectivity index (χ3v) is 3.21. The molecule has 1 fully saturated rings. The number of halogens is 1. The second-order valence-electron chi connectivity index (χ2n) is 5.47. The van der Waals surface area contributed by atoms with Crippen LogP contribution in [0.25, 0.3) is 0 Å². The fourth-order valence-corrected chi connectivity index (χ4v) is 1.97. The minimum Gasteiger partial charge on any atom is -0.483 e. The van der Waals surface area contributed by atoms with Gasteiger partial charge in [0, 0.05) is 12.6 Å². The van der Waals surface area contributed by atoms with Gasteiger partial charge in [0.15, 0.2) is 6.61 Å². The molecule has 0 aliphatic heterocycles. The van der Waals surface area contributed by atoms with Crippen LogP contribution >= 0.6 is 0 Å². The molecule has 0 bridgehead atoms. The van der Waals surface area contributed by atoms with Gasteiger partial charge < -0.3 is 15.8 Å². The Bertz CT molecular complexity index is 473. The summed E-state index contributed by atoms with van der Waals surface area (Å²) in [5, 5.41) is 2.82. The van der Waals surface area contributed by atoms with Gasteiger partial charge in [0.05, 0.1) is 0 Å². The normalized spacial score (nSPS) is 15.8. The first kappa shape index (κ1) is 14.8. The minimum atomic E-state index is -0.328.